The highest BCUT2D eigenvalue weighted by atomic mass is 32.2. The third-order valence-corrected chi connectivity index (χ3v) is 3.65. The third kappa shape index (κ3) is 3.46. The Balaban J connectivity index is 2.84. The number of aliphatic carboxylic acids is 1. The Hall–Kier alpha value is -1.54. The van der Waals surface area contributed by atoms with Crippen molar-refractivity contribution < 1.29 is 14.3 Å². The molecule has 0 unspecified atom stereocenters. The van der Waals surface area contributed by atoms with Gasteiger partial charge < -0.3 is 5.11 Å². The molecule has 3 nitrogen and oxygen atoms in total. The molecule has 0 atom stereocenters. The first-order chi connectivity index (χ1) is 7.86. The fourth-order valence-electron chi connectivity index (χ4n) is 1.10. The summed E-state index contributed by atoms with van der Waals surface area (Å²) in [6.45, 7) is 3.19. The van der Waals surface area contributed by atoms with E-state index in [-0.39, 0.29) is 5.56 Å². The molecule has 0 aliphatic heterocycles. The largest absolute Gasteiger partial charge is 0.480 e. The molecule has 0 fully saturated rings. The molecule has 1 aromatic carbocycles. The number of rotatable bonds is 4. The van der Waals surface area contributed by atoms with E-state index in [0.29, 0.717) is 11.3 Å². The SMILES string of the molecule is CC(C)(SCc1ccc(F)cc1C#N)C(=O)O. The fourth-order valence-corrected chi connectivity index (χ4v) is 1.99. The number of nitrogens with zero attached hydrogens (tertiary/aromatic N) is 1. The van der Waals surface area contributed by atoms with Gasteiger partial charge >= 0.3 is 5.97 Å². The predicted octanol–water partition coefficient (Wildman–Crippen LogP) is 2.79. The van der Waals surface area contributed by atoms with Crippen molar-refractivity contribution in [1.82, 2.24) is 0 Å². The van der Waals surface area contributed by atoms with Gasteiger partial charge in [-0.15, -0.1) is 11.8 Å². The Morgan fingerprint density at radius 1 is 1.59 bits per heavy atom. The smallest absolute Gasteiger partial charge is 0.319 e. The Labute approximate surface area is 103 Å². The van der Waals surface area contributed by atoms with Crippen molar-refractivity contribution in [3.8, 4) is 6.07 Å². The van der Waals surface area contributed by atoms with Crippen LogP contribution in [-0.4, -0.2) is 15.8 Å². The number of carbonyl (C=O) groups is 1. The number of hydrogen-bond donors (Lipinski definition) is 1. The van der Waals surface area contributed by atoms with E-state index in [9.17, 15) is 9.18 Å². The van der Waals surface area contributed by atoms with E-state index in [1.807, 2.05) is 6.07 Å². The van der Waals surface area contributed by atoms with E-state index >= 15 is 0 Å². The zero-order chi connectivity index (χ0) is 13.1. The monoisotopic (exact) mass is 253 g/mol. The molecule has 17 heavy (non-hydrogen) atoms. The predicted molar refractivity (Wildman–Crippen MR) is 64.1 cm³/mol. The van der Waals surface area contributed by atoms with Gasteiger partial charge in [0, 0.05) is 5.75 Å². The summed E-state index contributed by atoms with van der Waals surface area (Å²) in [5.41, 5.74) is 0.895. The van der Waals surface area contributed by atoms with Gasteiger partial charge in [-0.3, -0.25) is 4.79 Å². The van der Waals surface area contributed by atoms with Crippen LogP contribution in [0.5, 0.6) is 0 Å². The molecular formula is C12H12FNO2S. The summed E-state index contributed by atoms with van der Waals surface area (Å²) in [5, 5.41) is 17.8. The van der Waals surface area contributed by atoms with Gasteiger partial charge in [-0.1, -0.05) is 6.07 Å². The van der Waals surface area contributed by atoms with E-state index in [1.54, 1.807) is 13.8 Å². The van der Waals surface area contributed by atoms with E-state index in [1.165, 1.54) is 23.9 Å². The van der Waals surface area contributed by atoms with Gasteiger partial charge in [-0.05, 0) is 31.5 Å². The summed E-state index contributed by atoms with van der Waals surface area (Å²) in [5.74, 6) is -1.02. The van der Waals surface area contributed by atoms with Crippen LogP contribution >= 0.6 is 11.8 Å². The van der Waals surface area contributed by atoms with Crippen LogP contribution in [0.25, 0.3) is 0 Å². The number of halogens is 1. The maximum Gasteiger partial charge on any atom is 0.319 e. The van der Waals surface area contributed by atoms with Crippen LogP contribution in [0, 0.1) is 17.1 Å². The van der Waals surface area contributed by atoms with Gasteiger partial charge in [0.15, 0.2) is 0 Å². The molecule has 1 N–H and O–H groups in total. The lowest BCUT2D eigenvalue weighted by atomic mass is 10.1. The summed E-state index contributed by atoms with van der Waals surface area (Å²) in [7, 11) is 0. The average molecular weight is 253 g/mol. The third-order valence-electron chi connectivity index (χ3n) is 2.30. The summed E-state index contributed by atoms with van der Waals surface area (Å²) < 4.78 is 12.0. The zero-order valence-electron chi connectivity index (χ0n) is 9.53. The zero-order valence-corrected chi connectivity index (χ0v) is 10.3. The van der Waals surface area contributed by atoms with Gasteiger partial charge in [0.05, 0.1) is 11.6 Å². The lowest BCUT2D eigenvalue weighted by Crippen LogP contribution is -2.27. The van der Waals surface area contributed by atoms with Crippen LogP contribution in [0.2, 0.25) is 0 Å². The lowest BCUT2D eigenvalue weighted by molar-refractivity contribution is -0.138. The van der Waals surface area contributed by atoms with E-state index in [2.05, 4.69) is 0 Å². The molecule has 5 heteroatoms. The molecule has 0 spiro atoms. The fraction of sp³-hybridized carbons (Fsp3) is 0.333. The number of carboxylic acids is 1. The summed E-state index contributed by atoms with van der Waals surface area (Å²) in [6, 6.07) is 5.84. The van der Waals surface area contributed by atoms with Crippen LogP contribution < -0.4 is 0 Å². The molecule has 0 aliphatic carbocycles. The first-order valence-electron chi connectivity index (χ1n) is 4.92. The second-order valence-electron chi connectivity index (χ2n) is 4.02. The van der Waals surface area contributed by atoms with E-state index < -0.39 is 16.5 Å². The molecule has 0 aliphatic rings. The van der Waals surface area contributed by atoms with Gasteiger partial charge in [0.1, 0.15) is 10.6 Å². The number of hydrogen-bond acceptors (Lipinski definition) is 3. The summed E-state index contributed by atoms with van der Waals surface area (Å²) >= 11 is 1.20. The van der Waals surface area contributed by atoms with Crippen molar-refractivity contribution in [2.45, 2.75) is 24.3 Å². The van der Waals surface area contributed by atoms with Crippen LogP contribution in [0.3, 0.4) is 0 Å². The van der Waals surface area contributed by atoms with Gasteiger partial charge in [0.2, 0.25) is 0 Å². The molecule has 0 saturated heterocycles. The molecule has 0 aromatic heterocycles. The minimum atomic E-state index is -0.929. The molecule has 1 aromatic rings. The van der Waals surface area contributed by atoms with Crippen molar-refractivity contribution >= 4 is 17.7 Å². The molecule has 90 valence electrons. The first-order valence-corrected chi connectivity index (χ1v) is 5.91. The van der Waals surface area contributed by atoms with Gasteiger partial charge in [-0.2, -0.15) is 5.26 Å². The molecule has 0 saturated carbocycles. The standard InChI is InChI=1S/C12H12FNO2S/c1-12(2,11(15)16)17-7-8-3-4-10(13)5-9(8)6-14/h3-5H,7H2,1-2H3,(H,15,16). The van der Waals surface area contributed by atoms with Crippen molar-refractivity contribution in [2.24, 2.45) is 0 Å². The van der Waals surface area contributed by atoms with Gasteiger partial charge in [-0.25, -0.2) is 4.39 Å². The normalized spacial score (nSPS) is 10.9. The highest BCUT2D eigenvalue weighted by molar-refractivity contribution is 8.00. The van der Waals surface area contributed by atoms with Crippen LogP contribution in [0.1, 0.15) is 25.0 Å². The van der Waals surface area contributed by atoms with Gasteiger partial charge in [0.25, 0.3) is 0 Å². The Kier molecular flexibility index (Phi) is 4.13. The van der Waals surface area contributed by atoms with E-state index in [4.69, 9.17) is 10.4 Å². The van der Waals surface area contributed by atoms with Crippen LogP contribution in [-0.2, 0) is 10.5 Å². The maximum absolute atomic E-state index is 12.9. The van der Waals surface area contributed by atoms with Crippen molar-refractivity contribution in [1.29, 1.82) is 5.26 Å². The van der Waals surface area contributed by atoms with Crippen LogP contribution in [0.4, 0.5) is 4.39 Å². The number of nitriles is 1. The summed E-state index contributed by atoms with van der Waals surface area (Å²) in [4.78, 5) is 10.9. The average Bonchev–Trinajstić information content (AvgIpc) is 2.27. The maximum atomic E-state index is 12.9. The second kappa shape index (κ2) is 5.19. The molecule has 1 rings (SSSR count). The van der Waals surface area contributed by atoms with Crippen molar-refractivity contribution in [3.63, 3.8) is 0 Å². The highest BCUT2D eigenvalue weighted by Crippen LogP contribution is 2.29. The minimum absolute atomic E-state index is 0.249. The number of benzene rings is 1. The summed E-state index contributed by atoms with van der Waals surface area (Å²) in [6.07, 6.45) is 0. The second-order valence-corrected chi connectivity index (χ2v) is 5.62. The first kappa shape index (κ1) is 13.5. The van der Waals surface area contributed by atoms with Crippen molar-refractivity contribution in [3.05, 3.63) is 35.1 Å². The molecule has 0 bridgehead atoms. The van der Waals surface area contributed by atoms with E-state index in [0.717, 1.165) is 6.07 Å². The number of thioether (sulfide) groups is 1. The minimum Gasteiger partial charge on any atom is -0.480 e. The Bertz CT molecular complexity index is 480. The molecule has 0 radical (unpaired) electrons. The molecule has 0 amide bonds. The molecular weight excluding hydrogens is 241 g/mol. The topological polar surface area (TPSA) is 61.1 Å². The van der Waals surface area contributed by atoms with Crippen molar-refractivity contribution in [2.75, 3.05) is 0 Å². The Morgan fingerprint density at radius 3 is 2.76 bits per heavy atom. The quantitative estimate of drug-likeness (QED) is 0.896. The Morgan fingerprint density at radius 2 is 2.24 bits per heavy atom. The highest BCUT2D eigenvalue weighted by Gasteiger charge is 2.27. The van der Waals surface area contributed by atoms with Crippen LogP contribution in [0.15, 0.2) is 18.2 Å². The molecule has 0 heterocycles. The number of carboxylic acid groups (broad SMARTS) is 1. The lowest BCUT2D eigenvalue weighted by Gasteiger charge is -2.18.